The average molecular weight is 415 g/mol. The van der Waals surface area contributed by atoms with Crippen molar-refractivity contribution in [1.29, 1.82) is 0 Å². The van der Waals surface area contributed by atoms with Gasteiger partial charge in [0.25, 0.3) is 5.91 Å². The van der Waals surface area contributed by atoms with Crippen LogP contribution in [-0.2, 0) is 24.3 Å². The van der Waals surface area contributed by atoms with E-state index in [4.69, 9.17) is 16.3 Å². The van der Waals surface area contributed by atoms with Crippen LogP contribution < -0.4 is 5.32 Å². The molecule has 0 heterocycles. The topological polar surface area (TPSA) is 92.8 Å². The fourth-order valence-corrected chi connectivity index (χ4v) is 3.24. The van der Waals surface area contributed by atoms with E-state index in [9.17, 15) is 22.4 Å². The number of sulfonamides is 1. The second-order valence-corrected chi connectivity index (χ2v) is 7.89. The van der Waals surface area contributed by atoms with E-state index in [1.807, 2.05) is 0 Å². The molecule has 0 aliphatic rings. The average Bonchev–Trinajstić information content (AvgIpc) is 2.62. The number of para-hydroxylation sites is 1. The molecule has 2 aromatic rings. The van der Waals surface area contributed by atoms with Crippen molar-refractivity contribution >= 4 is 39.2 Å². The third kappa shape index (κ3) is 5.75. The Labute approximate surface area is 160 Å². The minimum absolute atomic E-state index is 0.0421. The number of likely N-dealkylation sites (N-methyl/N-ethyl adjacent to an activating group) is 1. The lowest BCUT2D eigenvalue weighted by molar-refractivity contribution is -0.147. The van der Waals surface area contributed by atoms with Crippen LogP contribution in [0.15, 0.2) is 53.4 Å². The zero-order valence-corrected chi connectivity index (χ0v) is 15.8. The maximum atomic E-state index is 13.4. The van der Waals surface area contributed by atoms with Gasteiger partial charge in [0.15, 0.2) is 6.61 Å². The number of nitrogens with one attached hydrogen (secondary N) is 1. The zero-order valence-electron chi connectivity index (χ0n) is 14.2. The summed E-state index contributed by atoms with van der Waals surface area (Å²) in [6, 6.07) is 10.9. The minimum atomic E-state index is -3.92. The number of carbonyl (C=O) groups excluding carboxylic acids is 2. The highest BCUT2D eigenvalue weighted by Crippen LogP contribution is 2.17. The predicted molar refractivity (Wildman–Crippen MR) is 97.3 cm³/mol. The maximum absolute atomic E-state index is 13.4. The van der Waals surface area contributed by atoms with Gasteiger partial charge >= 0.3 is 5.97 Å². The SMILES string of the molecule is CN(CC(=O)OCC(=O)Nc1ccccc1F)S(=O)(=O)c1ccc(Cl)cc1. The van der Waals surface area contributed by atoms with Gasteiger partial charge in [-0.05, 0) is 36.4 Å². The third-order valence-corrected chi connectivity index (χ3v) is 5.46. The van der Waals surface area contributed by atoms with E-state index in [1.54, 1.807) is 0 Å². The van der Waals surface area contributed by atoms with Gasteiger partial charge in [0.05, 0.1) is 10.6 Å². The van der Waals surface area contributed by atoms with E-state index in [1.165, 1.54) is 49.5 Å². The summed E-state index contributed by atoms with van der Waals surface area (Å²) in [6.45, 7) is -1.28. The Kier molecular flexibility index (Phi) is 6.89. The first kappa shape index (κ1) is 20.8. The van der Waals surface area contributed by atoms with Crippen LogP contribution in [0.1, 0.15) is 0 Å². The van der Waals surface area contributed by atoms with Crippen LogP contribution >= 0.6 is 11.6 Å². The summed E-state index contributed by atoms with van der Waals surface area (Å²) in [4.78, 5) is 23.5. The molecule has 0 saturated carbocycles. The van der Waals surface area contributed by atoms with Gasteiger partial charge in [-0.1, -0.05) is 23.7 Å². The number of anilines is 1. The number of ether oxygens (including phenoxy) is 1. The zero-order chi connectivity index (χ0) is 20.0. The number of rotatable bonds is 7. The molecule has 10 heteroatoms. The van der Waals surface area contributed by atoms with Gasteiger partial charge < -0.3 is 10.1 Å². The number of amides is 1. The van der Waals surface area contributed by atoms with Crippen molar-refractivity contribution in [3.05, 3.63) is 59.4 Å². The Morgan fingerprint density at radius 1 is 1.15 bits per heavy atom. The molecule has 0 bridgehead atoms. The van der Waals surface area contributed by atoms with Gasteiger partial charge in [0.1, 0.15) is 12.4 Å². The van der Waals surface area contributed by atoms with E-state index in [-0.39, 0.29) is 10.6 Å². The maximum Gasteiger partial charge on any atom is 0.321 e. The lowest BCUT2D eigenvalue weighted by Crippen LogP contribution is -2.34. The molecule has 2 aromatic carbocycles. The largest absolute Gasteiger partial charge is 0.455 e. The Morgan fingerprint density at radius 3 is 2.41 bits per heavy atom. The van der Waals surface area contributed by atoms with Crippen molar-refractivity contribution < 1.29 is 27.1 Å². The molecule has 27 heavy (non-hydrogen) atoms. The molecule has 0 fully saturated rings. The highest BCUT2D eigenvalue weighted by molar-refractivity contribution is 7.89. The van der Waals surface area contributed by atoms with E-state index in [2.05, 4.69) is 5.32 Å². The number of halogens is 2. The number of benzene rings is 2. The molecule has 0 spiro atoms. The molecule has 144 valence electrons. The van der Waals surface area contributed by atoms with E-state index in [0.717, 1.165) is 10.4 Å². The standard InChI is InChI=1S/C17H16ClFN2O5S/c1-21(27(24,25)13-8-6-12(18)7-9-13)10-17(23)26-11-16(22)20-15-5-3-2-4-14(15)19/h2-9H,10-11H2,1H3,(H,20,22). The molecule has 0 aliphatic heterocycles. The van der Waals surface area contributed by atoms with Gasteiger partial charge in [-0.2, -0.15) is 4.31 Å². The second-order valence-electron chi connectivity index (χ2n) is 5.40. The summed E-state index contributed by atoms with van der Waals surface area (Å²) in [7, 11) is -2.72. The summed E-state index contributed by atoms with van der Waals surface area (Å²) in [5.41, 5.74) is -0.0546. The van der Waals surface area contributed by atoms with Crippen molar-refractivity contribution in [3.63, 3.8) is 0 Å². The van der Waals surface area contributed by atoms with Crippen molar-refractivity contribution in [2.24, 2.45) is 0 Å². The monoisotopic (exact) mass is 414 g/mol. The summed E-state index contributed by atoms with van der Waals surface area (Å²) in [5.74, 6) is -2.32. The van der Waals surface area contributed by atoms with E-state index >= 15 is 0 Å². The van der Waals surface area contributed by atoms with Gasteiger partial charge in [-0.15, -0.1) is 0 Å². The second kappa shape index (κ2) is 8.94. The normalized spacial score (nSPS) is 11.3. The van der Waals surface area contributed by atoms with Crippen LogP contribution in [0.3, 0.4) is 0 Å². The first-order chi connectivity index (χ1) is 12.7. The summed E-state index contributed by atoms with van der Waals surface area (Å²) >= 11 is 5.72. The Balaban J connectivity index is 1.88. The van der Waals surface area contributed by atoms with Gasteiger partial charge in [-0.25, -0.2) is 12.8 Å². The quantitative estimate of drug-likeness (QED) is 0.701. The number of esters is 1. The molecular weight excluding hydrogens is 399 g/mol. The van der Waals surface area contributed by atoms with Crippen LogP contribution in [0.25, 0.3) is 0 Å². The van der Waals surface area contributed by atoms with Crippen LogP contribution in [0, 0.1) is 5.82 Å². The first-order valence-corrected chi connectivity index (χ1v) is 9.44. The Morgan fingerprint density at radius 2 is 1.78 bits per heavy atom. The van der Waals surface area contributed by atoms with Gasteiger partial charge in [0, 0.05) is 12.1 Å². The molecule has 2 rings (SSSR count). The molecule has 1 N–H and O–H groups in total. The number of nitrogens with zero attached hydrogens (tertiary/aromatic N) is 1. The van der Waals surface area contributed by atoms with Crippen molar-refractivity contribution in [1.82, 2.24) is 4.31 Å². The molecule has 0 aliphatic carbocycles. The first-order valence-electron chi connectivity index (χ1n) is 7.62. The van der Waals surface area contributed by atoms with Crippen molar-refractivity contribution in [3.8, 4) is 0 Å². The molecule has 0 atom stereocenters. The number of hydrogen-bond donors (Lipinski definition) is 1. The molecule has 0 radical (unpaired) electrons. The van der Waals surface area contributed by atoms with Crippen LogP contribution in [0.4, 0.5) is 10.1 Å². The third-order valence-electron chi connectivity index (χ3n) is 3.39. The number of hydrogen-bond acceptors (Lipinski definition) is 5. The number of carbonyl (C=O) groups is 2. The lowest BCUT2D eigenvalue weighted by atomic mass is 10.3. The molecule has 0 aromatic heterocycles. The Hall–Kier alpha value is -2.49. The van der Waals surface area contributed by atoms with Gasteiger partial charge in [0.2, 0.25) is 10.0 Å². The fraction of sp³-hybridized carbons (Fsp3) is 0.176. The highest BCUT2D eigenvalue weighted by atomic mass is 35.5. The van der Waals surface area contributed by atoms with E-state index < -0.39 is 40.9 Å². The summed E-state index contributed by atoms with van der Waals surface area (Å²) < 4.78 is 43.7. The molecular formula is C17H16ClFN2O5S. The molecule has 7 nitrogen and oxygen atoms in total. The van der Waals surface area contributed by atoms with E-state index in [0.29, 0.717) is 5.02 Å². The van der Waals surface area contributed by atoms with Crippen LogP contribution in [0.5, 0.6) is 0 Å². The smallest absolute Gasteiger partial charge is 0.321 e. The van der Waals surface area contributed by atoms with Crippen LogP contribution in [-0.4, -0.2) is 44.8 Å². The minimum Gasteiger partial charge on any atom is -0.455 e. The fourth-order valence-electron chi connectivity index (χ4n) is 1.99. The summed E-state index contributed by atoms with van der Waals surface area (Å²) in [6.07, 6.45) is 0. The van der Waals surface area contributed by atoms with Crippen LogP contribution in [0.2, 0.25) is 5.02 Å². The summed E-state index contributed by atoms with van der Waals surface area (Å²) in [5, 5.41) is 2.62. The van der Waals surface area contributed by atoms with Crippen molar-refractivity contribution in [2.75, 3.05) is 25.5 Å². The molecule has 1 amide bonds. The predicted octanol–water partition coefficient (Wildman–Crippen LogP) is 2.28. The highest BCUT2D eigenvalue weighted by Gasteiger charge is 2.23. The van der Waals surface area contributed by atoms with Crippen molar-refractivity contribution in [2.45, 2.75) is 4.90 Å². The molecule has 0 saturated heterocycles. The Bertz CT molecular complexity index is 935. The molecule has 0 unspecified atom stereocenters. The lowest BCUT2D eigenvalue weighted by Gasteiger charge is -2.16. The van der Waals surface area contributed by atoms with Gasteiger partial charge in [-0.3, -0.25) is 9.59 Å².